The van der Waals surface area contributed by atoms with Gasteiger partial charge in [-0.05, 0) is 80.6 Å². The van der Waals surface area contributed by atoms with Crippen LogP contribution in [0.2, 0.25) is 10.0 Å². The topological polar surface area (TPSA) is 132 Å². The van der Waals surface area contributed by atoms with Gasteiger partial charge < -0.3 is 25.6 Å². The van der Waals surface area contributed by atoms with E-state index in [1.54, 1.807) is 35.2 Å². The summed E-state index contributed by atoms with van der Waals surface area (Å²) in [5.74, 6) is -0.793. The molecule has 0 unspecified atom stereocenters. The number of aliphatic hydroxyl groups is 1. The maximum atomic E-state index is 13.4. The number of fused-ring (bicyclic) bond motifs is 1. The number of rotatable bonds is 9. The number of hydrogen-bond donors (Lipinski definition) is 4. The van der Waals surface area contributed by atoms with Crippen molar-refractivity contribution >= 4 is 62.2 Å². The standard InChI is InChI=1S/C32H34Cl2N4O5S/c1-17-23(13-31(40)38-15-21(39)10-20(38)14-35-19-6-7-19)18(2)36-30(17)12-25-24-11-22(8-9-29(24)37-32(25)41)44(42,43)16-26-27(33)4-3-5-28(26)34/h3-5,8-9,11-12,19-21,35-36,39H,6-7,10,13-16H2,1-2H3,(H,37,41)/b25-12-/t20-,21-/m1/s1. The third kappa shape index (κ3) is 6.19. The second-order valence-corrected chi connectivity index (χ2v) is 14.7. The van der Waals surface area contributed by atoms with Gasteiger partial charge in [0.15, 0.2) is 9.84 Å². The molecule has 9 nitrogen and oxygen atoms in total. The van der Waals surface area contributed by atoms with Crippen LogP contribution in [0.15, 0.2) is 41.3 Å². The Morgan fingerprint density at radius 3 is 2.57 bits per heavy atom. The Bertz CT molecular complexity index is 1780. The molecule has 2 fully saturated rings. The largest absolute Gasteiger partial charge is 0.391 e. The Morgan fingerprint density at radius 2 is 1.86 bits per heavy atom. The molecule has 0 spiro atoms. The lowest BCUT2D eigenvalue weighted by molar-refractivity contribution is -0.131. The second-order valence-electron chi connectivity index (χ2n) is 11.9. The van der Waals surface area contributed by atoms with Crippen molar-refractivity contribution in [2.24, 2.45) is 0 Å². The first-order chi connectivity index (χ1) is 20.9. The van der Waals surface area contributed by atoms with Crippen LogP contribution in [-0.4, -0.2) is 66.5 Å². The number of hydrogen-bond acceptors (Lipinski definition) is 6. The molecular formula is C32H34Cl2N4O5S. The Hall–Kier alpha value is -3.15. The van der Waals surface area contributed by atoms with E-state index in [0.29, 0.717) is 53.6 Å². The summed E-state index contributed by atoms with van der Waals surface area (Å²) in [5.41, 5.74) is 4.72. The number of aromatic amines is 1. The van der Waals surface area contributed by atoms with Crippen LogP contribution in [0.1, 0.15) is 52.9 Å². The predicted molar refractivity (Wildman–Crippen MR) is 171 cm³/mol. The summed E-state index contributed by atoms with van der Waals surface area (Å²) in [6.07, 6.45) is 4.20. The van der Waals surface area contributed by atoms with Crippen molar-refractivity contribution in [1.82, 2.24) is 15.2 Å². The third-order valence-electron chi connectivity index (χ3n) is 8.71. The van der Waals surface area contributed by atoms with Gasteiger partial charge in [0.1, 0.15) is 0 Å². The monoisotopic (exact) mass is 656 g/mol. The van der Waals surface area contributed by atoms with Crippen molar-refractivity contribution in [3.63, 3.8) is 0 Å². The van der Waals surface area contributed by atoms with Crippen LogP contribution in [0.5, 0.6) is 0 Å². The van der Waals surface area contributed by atoms with Crippen molar-refractivity contribution in [2.75, 3.05) is 18.4 Å². The molecule has 6 rings (SSSR count). The zero-order chi connectivity index (χ0) is 31.3. The first kappa shape index (κ1) is 30.9. The summed E-state index contributed by atoms with van der Waals surface area (Å²) >= 11 is 12.5. The number of likely N-dealkylation sites (tertiary alicyclic amines) is 1. The predicted octanol–water partition coefficient (Wildman–Crippen LogP) is 4.66. The highest BCUT2D eigenvalue weighted by molar-refractivity contribution is 7.90. The molecule has 2 aromatic carbocycles. The van der Waals surface area contributed by atoms with Crippen LogP contribution >= 0.6 is 23.2 Å². The van der Waals surface area contributed by atoms with Gasteiger partial charge in [-0.15, -0.1) is 0 Å². The van der Waals surface area contributed by atoms with Crippen molar-refractivity contribution in [3.8, 4) is 0 Å². The Labute approximate surface area is 266 Å². The molecule has 1 aromatic heterocycles. The highest BCUT2D eigenvalue weighted by Gasteiger charge is 2.36. The first-order valence-electron chi connectivity index (χ1n) is 14.6. The molecule has 2 amide bonds. The number of nitrogens with one attached hydrogen (secondary N) is 3. The molecule has 4 N–H and O–H groups in total. The molecule has 2 atom stereocenters. The lowest BCUT2D eigenvalue weighted by atomic mass is 10.0. The number of sulfone groups is 1. The van der Waals surface area contributed by atoms with Gasteiger partial charge in [0, 0.05) is 63.4 Å². The fourth-order valence-corrected chi connectivity index (χ4v) is 8.17. The van der Waals surface area contributed by atoms with Crippen LogP contribution < -0.4 is 10.6 Å². The van der Waals surface area contributed by atoms with E-state index in [9.17, 15) is 23.1 Å². The van der Waals surface area contributed by atoms with E-state index >= 15 is 0 Å². The minimum absolute atomic E-state index is 0.0406. The number of nitrogens with zero attached hydrogens (tertiary/aromatic N) is 1. The smallest absolute Gasteiger partial charge is 0.256 e. The summed E-state index contributed by atoms with van der Waals surface area (Å²) < 4.78 is 26.8. The number of carbonyl (C=O) groups excluding carboxylic acids is 2. The summed E-state index contributed by atoms with van der Waals surface area (Å²) in [6, 6.07) is 9.82. The minimum Gasteiger partial charge on any atom is -0.391 e. The quantitative estimate of drug-likeness (QED) is 0.248. The zero-order valence-corrected chi connectivity index (χ0v) is 26.7. The van der Waals surface area contributed by atoms with E-state index in [1.807, 2.05) is 13.8 Å². The Balaban J connectivity index is 1.25. The normalized spacial score (nSPS) is 20.8. The number of β-amino-alcohol motifs (C(OH)–C–C–N with tert-alkyl or cyclic N) is 1. The van der Waals surface area contributed by atoms with Crippen molar-refractivity contribution in [2.45, 2.75) is 68.4 Å². The maximum Gasteiger partial charge on any atom is 0.256 e. The van der Waals surface area contributed by atoms with Gasteiger partial charge in [-0.3, -0.25) is 9.59 Å². The van der Waals surface area contributed by atoms with E-state index in [1.165, 1.54) is 12.1 Å². The molecule has 3 aromatic rings. The van der Waals surface area contributed by atoms with Crippen molar-refractivity contribution in [1.29, 1.82) is 0 Å². The van der Waals surface area contributed by atoms with Crippen LogP contribution in [0.4, 0.5) is 5.69 Å². The number of aromatic nitrogens is 1. The van der Waals surface area contributed by atoms with E-state index in [0.717, 1.165) is 29.7 Å². The fraction of sp³-hybridized carbons (Fsp3) is 0.375. The molecule has 3 aliphatic rings. The lowest BCUT2D eigenvalue weighted by Crippen LogP contribution is -2.43. The second kappa shape index (κ2) is 12.0. The average Bonchev–Trinajstić information content (AvgIpc) is 3.58. The van der Waals surface area contributed by atoms with Gasteiger partial charge in [0.2, 0.25) is 5.91 Å². The summed E-state index contributed by atoms with van der Waals surface area (Å²) in [6.45, 7) is 4.77. The molecule has 12 heteroatoms. The number of amides is 2. The van der Waals surface area contributed by atoms with Crippen LogP contribution in [-0.2, 0) is 31.6 Å². The van der Waals surface area contributed by atoms with Crippen LogP contribution in [0.25, 0.3) is 11.6 Å². The Kier molecular flexibility index (Phi) is 8.40. The first-order valence-corrected chi connectivity index (χ1v) is 17.0. The molecule has 0 bridgehead atoms. The van der Waals surface area contributed by atoms with E-state index in [-0.39, 0.29) is 45.0 Å². The average molecular weight is 658 g/mol. The Morgan fingerprint density at radius 1 is 1.14 bits per heavy atom. The molecule has 44 heavy (non-hydrogen) atoms. The number of aryl methyl sites for hydroxylation is 1. The number of aliphatic hydroxyl groups excluding tert-OH is 1. The number of H-pyrrole nitrogens is 1. The van der Waals surface area contributed by atoms with Crippen LogP contribution in [0, 0.1) is 13.8 Å². The SMILES string of the molecule is Cc1[nH]c(/C=C2\C(=O)Nc3ccc(S(=O)(=O)Cc4c(Cl)cccc4Cl)cc32)c(C)c1CC(=O)N1C[C@H](O)C[C@@H]1CNC1CC1. The van der Waals surface area contributed by atoms with Gasteiger partial charge in [-0.25, -0.2) is 8.42 Å². The molecule has 0 radical (unpaired) electrons. The van der Waals surface area contributed by atoms with E-state index < -0.39 is 15.9 Å². The molecule has 3 heterocycles. The molecule has 1 aliphatic carbocycles. The number of carbonyl (C=O) groups is 2. The van der Waals surface area contributed by atoms with Crippen molar-refractivity contribution in [3.05, 3.63) is 80.1 Å². The van der Waals surface area contributed by atoms with E-state index in [2.05, 4.69) is 15.6 Å². The zero-order valence-electron chi connectivity index (χ0n) is 24.4. The van der Waals surface area contributed by atoms with Gasteiger partial charge in [-0.1, -0.05) is 29.3 Å². The van der Waals surface area contributed by atoms with Crippen LogP contribution in [0.3, 0.4) is 0 Å². The van der Waals surface area contributed by atoms with Gasteiger partial charge in [0.25, 0.3) is 5.91 Å². The molecular weight excluding hydrogens is 623 g/mol. The molecule has 2 aliphatic heterocycles. The lowest BCUT2D eigenvalue weighted by Gasteiger charge is -2.25. The van der Waals surface area contributed by atoms with Crippen molar-refractivity contribution < 1.29 is 23.1 Å². The summed E-state index contributed by atoms with van der Waals surface area (Å²) in [5, 5.41) is 17.1. The summed E-state index contributed by atoms with van der Waals surface area (Å²) in [7, 11) is -3.85. The minimum atomic E-state index is -3.85. The molecule has 1 saturated carbocycles. The number of anilines is 1. The highest BCUT2D eigenvalue weighted by Crippen LogP contribution is 2.37. The van der Waals surface area contributed by atoms with Gasteiger partial charge >= 0.3 is 0 Å². The van der Waals surface area contributed by atoms with E-state index in [4.69, 9.17) is 23.2 Å². The molecule has 232 valence electrons. The molecule has 1 saturated heterocycles. The van der Waals surface area contributed by atoms with Gasteiger partial charge in [0.05, 0.1) is 28.7 Å². The fourth-order valence-electron chi connectivity index (χ4n) is 6.05. The highest BCUT2D eigenvalue weighted by atomic mass is 35.5. The number of halogens is 2. The number of benzene rings is 2. The van der Waals surface area contributed by atoms with Gasteiger partial charge in [-0.2, -0.15) is 0 Å². The summed E-state index contributed by atoms with van der Waals surface area (Å²) in [4.78, 5) is 31.6. The maximum absolute atomic E-state index is 13.4. The third-order valence-corrected chi connectivity index (χ3v) is 11.1.